The van der Waals surface area contributed by atoms with Crippen LogP contribution in [0.1, 0.15) is 19.0 Å². The second-order valence-electron chi connectivity index (χ2n) is 4.35. The van der Waals surface area contributed by atoms with Gasteiger partial charge in [-0.05, 0) is 13.3 Å². The van der Waals surface area contributed by atoms with Gasteiger partial charge in [-0.15, -0.1) is 0 Å². The quantitative estimate of drug-likeness (QED) is 0.844. The van der Waals surface area contributed by atoms with E-state index in [0.29, 0.717) is 19.8 Å². The Labute approximate surface area is 102 Å². The van der Waals surface area contributed by atoms with Gasteiger partial charge in [-0.2, -0.15) is 0 Å². The maximum absolute atomic E-state index is 5.58. The van der Waals surface area contributed by atoms with E-state index in [1.54, 1.807) is 0 Å². The Morgan fingerprint density at radius 2 is 2.41 bits per heavy atom. The summed E-state index contributed by atoms with van der Waals surface area (Å²) in [4.78, 5) is 4.47. The number of aromatic nitrogens is 2. The van der Waals surface area contributed by atoms with Gasteiger partial charge >= 0.3 is 0 Å². The Morgan fingerprint density at radius 3 is 3.12 bits per heavy atom. The maximum atomic E-state index is 5.58. The number of hydrogen-bond acceptors (Lipinski definition) is 4. The lowest BCUT2D eigenvalue weighted by molar-refractivity contribution is -0.0819. The summed E-state index contributed by atoms with van der Waals surface area (Å²) in [6.45, 7) is 7.98. The highest BCUT2D eigenvalue weighted by atomic mass is 16.6. The first-order valence-electron chi connectivity index (χ1n) is 6.26. The number of anilines is 1. The molecule has 0 saturated carbocycles. The highest BCUT2D eigenvalue weighted by Crippen LogP contribution is 2.10. The molecule has 17 heavy (non-hydrogen) atoms. The number of imidazole rings is 1. The molecule has 1 aliphatic rings. The van der Waals surface area contributed by atoms with E-state index in [-0.39, 0.29) is 6.10 Å². The molecule has 0 amide bonds. The zero-order valence-corrected chi connectivity index (χ0v) is 10.6. The molecule has 0 radical (unpaired) electrons. The van der Waals surface area contributed by atoms with Crippen molar-refractivity contribution in [3.8, 4) is 0 Å². The van der Waals surface area contributed by atoms with Crippen molar-refractivity contribution in [3.63, 3.8) is 0 Å². The topological polar surface area (TPSA) is 48.3 Å². The van der Waals surface area contributed by atoms with Crippen LogP contribution in [0.5, 0.6) is 0 Å². The minimum atomic E-state index is 0.135. The van der Waals surface area contributed by atoms with Gasteiger partial charge in [0, 0.05) is 19.3 Å². The van der Waals surface area contributed by atoms with Crippen molar-refractivity contribution in [2.24, 2.45) is 0 Å². The molecule has 1 unspecified atom stereocenters. The van der Waals surface area contributed by atoms with E-state index in [9.17, 15) is 0 Å². The van der Waals surface area contributed by atoms with E-state index in [1.165, 1.54) is 0 Å². The summed E-state index contributed by atoms with van der Waals surface area (Å²) in [5.74, 6) is 0.929. The van der Waals surface area contributed by atoms with E-state index >= 15 is 0 Å². The highest BCUT2D eigenvalue weighted by molar-refractivity contribution is 5.28. The van der Waals surface area contributed by atoms with Crippen molar-refractivity contribution < 1.29 is 9.47 Å². The van der Waals surface area contributed by atoms with Crippen molar-refractivity contribution in [1.29, 1.82) is 0 Å². The van der Waals surface area contributed by atoms with Crippen LogP contribution in [-0.4, -0.2) is 42.0 Å². The molecule has 2 rings (SSSR count). The molecule has 0 bridgehead atoms. The van der Waals surface area contributed by atoms with E-state index in [0.717, 1.165) is 31.2 Å². The summed E-state index contributed by atoms with van der Waals surface area (Å²) in [7, 11) is 0. The minimum absolute atomic E-state index is 0.135. The zero-order valence-electron chi connectivity index (χ0n) is 10.6. The van der Waals surface area contributed by atoms with Crippen molar-refractivity contribution >= 4 is 5.95 Å². The fourth-order valence-electron chi connectivity index (χ4n) is 1.96. The molecular formula is C12H21N3O2. The molecule has 1 saturated heterocycles. The number of aryl methyl sites for hydroxylation is 2. The van der Waals surface area contributed by atoms with Gasteiger partial charge in [0.05, 0.1) is 31.6 Å². The van der Waals surface area contributed by atoms with Gasteiger partial charge in [0.2, 0.25) is 5.95 Å². The van der Waals surface area contributed by atoms with Crippen LogP contribution >= 0.6 is 0 Å². The first-order valence-corrected chi connectivity index (χ1v) is 6.26. The third-order valence-electron chi connectivity index (χ3n) is 2.73. The van der Waals surface area contributed by atoms with Crippen LogP contribution in [0.15, 0.2) is 6.20 Å². The van der Waals surface area contributed by atoms with Gasteiger partial charge in [-0.3, -0.25) is 0 Å². The molecule has 0 aromatic carbocycles. The van der Waals surface area contributed by atoms with Gasteiger partial charge in [0.15, 0.2) is 0 Å². The summed E-state index contributed by atoms with van der Waals surface area (Å²) in [6.07, 6.45) is 3.31. The van der Waals surface area contributed by atoms with Gasteiger partial charge in [-0.25, -0.2) is 4.98 Å². The Bertz CT molecular complexity index is 346. The molecule has 0 aliphatic carbocycles. The summed E-state index contributed by atoms with van der Waals surface area (Å²) in [5.41, 5.74) is 1.04. The molecule has 5 nitrogen and oxygen atoms in total. The van der Waals surface area contributed by atoms with Crippen LogP contribution in [0.3, 0.4) is 0 Å². The Kier molecular flexibility index (Phi) is 4.39. The van der Waals surface area contributed by atoms with Gasteiger partial charge in [0.25, 0.3) is 0 Å². The Morgan fingerprint density at radius 1 is 1.53 bits per heavy atom. The van der Waals surface area contributed by atoms with Crippen LogP contribution in [0.2, 0.25) is 0 Å². The standard InChI is InChI=1S/C12H21N3O2/c1-3-4-15-8-10(2)14-12(15)13-7-11-9-16-5-6-17-11/h8,11H,3-7,9H2,1-2H3,(H,13,14). The van der Waals surface area contributed by atoms with Gasteiger partial charge < -0.3 is 19.4 Å². The number of ether oxygens (including phenoxy) is 2. The van der Waals surface area contributed by atoms with E-state index < -0.39 is 0 Å². The largest absolute Gasteiger partial charge is 0.376 e. The Hall–Kier alpha value is -1.07. The molecule has 96 valence electrons. The smallest absolute Gasteiger partial charge is 0.203 e. The summed E-state index contributed by atoms with van der Waals surface area (Å²) in [5, 5.41) is 3.34. The molecular weight excluding hydrogens is 218 g/mol. The van der Waals surface area contributed by atoms with Crippen molar-refractivity contribution in [2.75, 3.05) is 31.7 Å². The molecule has 1 N–H and O–H groups in total. The molecule has 1 atom stereocenters. The Balaban J connectivity index is 1.88. The second-order valence-corrected chi connectivity index (χ2v) is 4.35. The molecule has 5 heteroatoms. The normalized spacial score (nSPS) is 20.5. The molecule has 1 aromatic rings. The van der Waals surface area contributed by atoms with E-state index in [4.69, 9.17) is 9.47 Å². The summed E-state index contributed by atoms with van der Waals surface area (Å²) < 4.78 is 13.1. The second kappa shape index (κ2) is 6.02. The molecule has 2 heterocycles. The van der Waals surface area contributed by atoms with Gasteiger partial charge in [0.1, 0.15) is 0 Å². The summed E-state index contributed by atoms with van der Waals surface area (Å²) >= 11 is 0. The average molecular weight is 239 g/mol. The first kappa shape index (κ1) is 12.4. The fraction of sp³-hybridized carbons (Fsp3) is 0.750. The molecule has 1 aliphatic heterocycles. The number of hydrogen-bond donors (Lipinski definition) is 1. The molecule has 0 spiro atoms. The fourth-order valence-corrected chi connectivity index (χ4v) is 1.96. The van der Waals surface area contributed by atoms with Gasteiger partial charge in [-0.1, -0.05) is 6.92 Å². The lowest BCUT2D eigenvalue weighted by atomic mass is 10.3. The molecule has 1 fully saturated rings. The van der Waals surface area contributed by atoms with Crippen LogP contribution in [0, 0.1) is 6.92 Å². The monoisotopic (exact) mass is 239 g/mol. The first-order chi connectivity index (χ1) is 8.29. The zero-order chi connectivity index (χ0) is 12.1. The minimum Gasteiger partial charge on any atom is -0.376 e. The third kappa shape index (κ3) is 3.44. The van der Waals surface area contributed by atoms with E-state index in [1.807, 2.05) is 6.92 Å². The number of rotatable bonds is 5. The van der Waals surface area contributed by atoms with Crippen LogP contribution in [-0.2, 0) is 16.0 Å². The SMILES string of the molecule is CCCn1cc(C)nc1NCC1COCCO1. The number of nitrogens with one attached hydrogen (secondary N) is 1. The lowest BCUT2D eigenvalue weighted by Gasteiger charge is -2.23. The molecule has 1 aromatic heterocycles. The number of nitrogens with zero attached hydrogens (tertiary/aromatic N) is 2. The van der Waals surface area contributed by atoms with Crippen molar-refractivity contribution in [1.82, 2.24) is 9.55 Å². The lowest BCUT2D eigenvalue weighted by Crippen LogP contribution is -2.34. The predicted molar refractivity (Wildman–Crippen MR) is 66.3 cm³/mol. The third-order valence-corrected chi connectivity index (χ3v) is 2.73. The van der Waals surface area contributed by atoms with Crippen molar-refractivity contribution in [3.05, 3.63) is 11.9 Å². The highest BCUT2D eigenvalue weighted by Gasteiger charge is 2.15. The van der Waals surface area contributed by atoms with Crippen LogP contribution < -0.4 is 5.32 Å². The maximum Gasteiger partial charge on any atom is 0.203 e. The van der Waals surface area contributed by atoms with E-state index in [2.05, 4.69) is 28.0 Å². The predicted octanol–water partition coefficient (Wildman–Crippen LogP) is 1.43. The van der Waals surface area contributed by atoms with Crippen LogP contribution in [0.4, 0.5) is 5.95 Å². The van der Waals surface area contributed by atoms with Crippen LogP contribution in [0.25, 0.3) is 0 Å². The van der Waals surface area contributed by atoms with Crippen molar-refractivity contribution in [2.45, 2.75) is 32.9 Å². The average Bonchev–Trinajstić information content (AvgIpc) is 2.69. The summed E-state index contributed by atoms with van der Waals surface area (Å²) in [6, 6.07) is 0.